The Morgan fingerprint density at radius 1 is 1.22 bits per heavy atom. The van der Waals surface area contributed by atoms with Gasteiger partial charge in [0.15, 0.2) is 0 Å². The number of amides is 2. The van der Waals surface area contributed by atoms with Crippen LogP contribution in [-0.2, 0) is 9.59 Å². The van der Waals surface area contributed by atoms with Gasteiger partial charge in [0.05, 0.1) is 6.54 Å². The van der Waals surface area contributed by atoms with Crippen LogP contribution in [0.15, 0.2) is 0 Å². The van der Waals surface area contributed by atoms with E-state index in [0.29, 0.717) is 19.0 Å². The molecule has 5 heteroatoms. The molecule has 0 aromatic carbocycles. The summed E-state index contributed by atoms with van der Waals surface area (Å²) in [6.45, 7) is 3.59. The fourth-order valence-corrected chi connectivity index (χ4v) is 1.70. The fraction of sp³-hybridized carbons (Fsp3) is 0.846. The van der Waals surface area contributed by atoms with E-state index in [4.69, 9.17) is 0 Å². The molecule has 5 nitrogen and oxygen atoms in total. The summed E-state index contributed by atoms with van der Waals surface area (Å²) in [5, 5.41) is 3.32. The summed E-state index contributed by atoms with van der Waals surface area (Å²) >= 11 is 0. The third-order valence-corrected chi connectivity index (χ3v) is 3.02. The van der Waals surface area contributed by atoms with Gasteiger partial charge in [-0.05, 0) is 19.3 Å². The van der Waals surface area contributed by atoms with Gasteiger partial charge >= 0.3 is 0 Å². The molecule has 0 radical (unpaired) electrons. The maximum absolute atomic E-state index is 12.0. The summed E-state index contributed by atoms with van der Waals surface area (Å²) in [5.74, 6) is 0.0483. The van der Waals surface area contributed by atoms with Crippen LogP contribution in [-0.4, -0.2) is 61.4 Å². The Morgan fingerprint density at radius 3 is 2.39 bits per heavy atom. The average molecular weight is 255 g/mol. The van der Waals surface area contributed by atoms with Gasteiger partial charge in [0.2, 0.25) is 11.8 Å². The number of rotatable bonds is 8. The first-order valence-corrected chi connectivity index (χ1v) is 6.76. The second-order valence-electron chi connectivity index (χ2n) is 5.08. The molecule has 18 heavy (non-hydrogen) atoms. The van der Waals surface area contributed by atoms with Crippen molar-refractivity contribution in [3.8, 4) is 0 Å². The Hall–Kier alpha value is -1.10. The number of nitrogens with one attached hydrogen (secondary N) is 1. The lowest BCUT2D eigenvalue weighted by atomic mass is 10.3. The van der Waals surface area contributed by atoms with Gasteiger partial charge in [-0.2, -0.15) is 0 Å². The van der Waals surface area contributed by atoms with E-state index in [0.717, 1.165) is 13.0 Å². The summed E-state index contributed by atoms with van der Waals surface area (Å²) in [6.07, 6.45) is 3.82. The predicted octanol–water partition coefficient (Wildman–Crippen LogP) is 0.455. The molecule has 0 aromatic heterocycles. The summed E-state index contributed by atoms with van der Waals surface area (Å²) in [6, 6.07) is 0.626. The summed E-state index contributed by atoms with van der Waals surface area (Å²) in [5.41, 5.74) is 0. The maximum Gasteiger partial charge on any atom is 0.241 e. The molecular formula is C13H25N3O2. The standard InChI is InChI=1S/C13H25N3O2/c1-4-9-16(10-13(18)15(2)3)12(17)7-8-14-11-5-6-11/h11,14H,4-10H2,1-3H3. The molecule has 1 rings (SSSR count). The predicted molar refractivity (Wildman–Crippen MR) is 71.2 cm³/mol. The van der Waals surface area contributed by atoms with Gasteiger partial charge in [0, 0.05) is 39.6 Å². The molecular weight excluding hydrogens is 230 g/mol. The molecule has 1 aliphatic rings. The molecule has 1 saturated carbocycles. The van der Waals surface area contributed by atoms with E-state index < -0.39 is 0 Å². The van der Waals surface area contributed by atoms with Crippen LogP contribution >= 0.6 is 0 Å². The molecule has 1 N–H and O–H groups in total. The van der Waals surface area contributed by atoms with E-state index in [1.807, 2.05) is 6.92 Å². The van der Waals surface area contributed by atoms with Crippen molar-refractivity contribution in [3.05, 3.63) is 0 Å². The minimum atomic E-state index is -0.0213. The molecule has 0 saturated heterocycles. The zero-order chi connectivity index (χ0) is 13.5. The lowest BCUT2D eigenvalue weighted by Gasteiger charge is -2.23. The molecule has 0 aliphatic heterocycles. The number of nitrogens with zero attached hydrogens (tertiary/aromatic N) is 2. The molecule has 2 amide bonds. The highest BCUT2D eigenvalue weighted by molar-refractivity contribution is 5.84. The quantitative estimate of drug-likeness (QED) is 0.685. The zero-order valence-corrected chi connectivity index (χ0v) is 11.7. The minimum absolute atomic E-state index is 0.0213. The molecule has 1 fully saturated rings. The van der Waals surface area contributed by atoms with Crippen molar-refractivity contribution in [3.63, 3.8) is 0 Å². The van der Waals surface area contributed by atoms with Crippen LogP contribution in [0.25, 0.3) is 0 Å². The molecule has 0 atom stereocenters. The lowest BCUT2D eigenvalue weighted by Crippen LogP contribution is -2.41. The largest absolute Gasteiger partial charge is 0.347 e. The van der Waals surface area contributed by atoms with Crippen LogP contribution in [0, 0.1) is 0 Å². The van der Waals surface area contributed by atoms with Crippen molar-refractivity contribution in [1.29, 1.82) is 0 Å². The Balaban J connectivity index is 2.32. The van der Waals surface area contributed by atoms with Crippen LogP contribution in [0.1, 0.15) is 32.6 Å². The van der Waals surface area contributed by atoms with Crippen molar-refractivity contribution >= 4 is 11.8 Å². The Kier molecular flexibility index (Phi) is 6.12. The molecule has 0 unspecified atom stereocenters. The van der Waals surface area contributed by atoms with E-state index >= 15 is 0 Å². The van der Waals surface area contributed by atoms with Crippen LogP contribution in [0.4, 0.5) is 0 Å². The third kappa shape index (κ3) is 5.49. The second-order valence-corrected chi connectivity index (χ2v) is 5.08. The third-order valence-electron chi connectivity index (χ3n) is 3.02. The number of carbonyl (C=O) groups is 2. The Labute approximate surface area is 110 Å². The van der Waals surface area contributed by atoms with Crippen molar-refractivity contribution in [1.82, 2.24) is 15.1 Å². The number of hydrogen-bond donors (Lipinski definition) is 1. The van der Waals surface area contributed by atoms with Gasteiger partial charge in [-0.1, -0.05) is 6.92 Å². The monoisotopic (exact) mass is 255 g/mol. The second kappa shape index (κ2) is 7.36. The topological polar surface area (TPSA) is 52.7 Å². The highest BCUT2D eigenvalue weighted by Gasteiger charge is 2.21. The van der Waals surface area contributed by atoms with Gasteiger partial charge in [-0.25, -0.2) is 0 Å². The van der Waals surface area contributed by atoms with Crippen molar-refractivity contribution in [2.45, 2.75) is 38.6 Å². The number of likely N-dealkylation sites (N-methyl/N-ethyl adjacent to an activating group) is 1. The van der Waals surface area contributed by atoms with Crippen molar-refractivity contribution in [2.75, 3.05) is 33.7 Å². The van der Waals surface area contributed by atoms with Crippen molar-refractivity contribution in [2.24, 2.45) is 0 Å². The van der Waals surface area contributed by atoms with Gasteiger partial charge < -0.3 is 15.1 Å². The van der Waals surface area contributed by atoms with E-state index in [1.165, 1.54) is 17.7 Å². The molecule has 0 spiro atoms. The van der Waals surface area contributed by atoms with Crippen molar-refractivity contribution < 1.29 is 9.59 Å². The smallest absolute Gasteiger partial charge is 0.241 e. The van der Waals surface area contributed by atoms with Crippen LogP contribution in [0.5, 0.6) is 0 Å². The van der Waals surface area contributed by atoms with E-state index in [-0.39, 0.29) is 18.4 Å². The van der Waals surface area contributed by atoms with Crippen LogP contribution < -0.4 is 5.32 Å². The zero-order valence-electron chi connectivity index (χ0n) is 11.7. The summed E-state index contributed by atoms with van der Waals surface area (Å²) in [7, 11) is 3.43. The van der Waals surface area contributed by atoms with Gasteiger partial charge in [-0.3, -0.25) is 9.59 Å². The van der Waals surface area contributed by atoms with Gasteiger partial charge in [0.25, 0.3) is 0 Å². The highest BCUT2D eigenvalue weighted by Crippen LogP contribution is 2.18. The minimum Gasteiger partial charge on any atom is -0.347 e. The van der Waals surface area contributed by atoms with Crippen LogP contribution in [0.2, 0.25) is 0 Å². The lowest BCUT2D eigenvalue weighted by molar-refractivity contribution is -0.139. The van der Waals surface area contributed by atoms with E-state index in [1.54, 1.807) is 19.0 Å². The first kappa shape index (κ1) is 15.0. The number of hydrogen-bond acceptors (Lipinski definition) is 3. The van der Waals surface area contributed by atoms with Gasteiger partial charge in [0.1, 0.15) is 0 Å². The number of carbonyl (C=O) groups excluding carboxylic acids is 2. The maximum atomic E-state index is 12.0. The SMILES string of the molecule is CCCN(CC(=O)N(C)C)C(=O)CCNC1CC1. The molecule has 0 bridgehead atoms. The summed E-state index contributed by atoms with van der Waals surface area (Å²) < 4.78 is 0. The van der Waals surface area contributed by atoms with E-state index in [2.05, 4.69) is 5.32 Å². The normalized spacial score (nSPS) is 14.4. The van der Waals surface area contributed by atoms with Gasteiger partial charge in [-0.15, -0.1) is 0 Å². The molecule has 0 aromatic rings. The highest BCUT2D eigenvalue weighted by atomic mass is 16.2. The first-order valence-electron chi connectivity index (χ1n) is 6.76. The fourth-order valence-electron chi connectivity index (χ4n) is 1.70. The Bertz CT molecular complexity index is 288. The Morgan fingerprint density at radius 2 is 1.89 bits per heavy atom. The van der Waals surface area contributed by atoms with Crippen LogP contribution in [0.3, 0.4) is 0 Å². The molecule has 1 aliphatic carbocycles. The summed E-state index contributed by atoms with van der Waals surface area (Å²) in [4.78, 5) is 26.8. The van der Waals surface area contributed by atoms with E-state index in [9.17, 15) is 9.59 Å². The molecule has 104 valence electrons. The first-order chi connectivity index (χ1) is 8.54. The average Bonchev–Trinajstić information content (AvgIpc) is 3.12. The molecule has 0 heterocycles.